The van der Waals surface area contributed by atoms with Crippen molar-refractivity contribution in [2.75, 3.05) is 19.8 Å². The highest BCUT2D eigenvalue weighted by Gasteiger charge is 2.15. The van der Waals surface area contributed by atoms with Gasteiger partial charge in [-0.2, -0.15) is 0 Å². The molecule has 1 aliphatic rings. The van der Waals surface area contributed by atoms with Gasteiger partial charge in [0.2, 0.25) is 0 Å². The molecule has 1 aromatic rings. The minimum atomic E-state index is 0.0517. The van der Waals surface area contributed by atoms with Crippen molar-refractivity contribution in [3.63, 3.8) is 0 Å². The lowest BCUT2D eigenvalue weighted by Crippen LogP contribution is -2.31. The van der Waals surface area contributed by atoms with E-state index in [0.29, 0.717) is 5.92 Å². The number of rotatable bonds is 3. The Hall–Kier alpha value is -0.870. The molecule has 2 heterocycles. The van der Waals surface area contributed by atoms with Crippen LogP contribution in [0.5, 0.6) is 0 Å². The van der Waals surface area contributed by atoms with Gasteiger partial charge in [0.25, 0.3) is 5.91 Å². The van der Waals surface area contributed by atoms with E-state index in [2.05, 4.69) is 5.32 Å². The second kappa shape index (κ2) is 5.46. The summed E-state index contributed by atoms with van der Waals surface area (Å²) in [4.78, 5) is 12.9. The molecule has 1 aliphatic heterocycles. The lowest BCUT2D eigenvalue weighted by molar-refractivity contribution is 0.0643. The number of thiophene rings is 1. The molecule has 0 atom stereocenters. The van der Waals surface area contributed by atoms with Crippen molar-refractivity contribution in [3.05, 3.63) is 21.9 Å². The number of aryl methyl sites for hydroxylation is 1. The number of nitrogens with one attached hydrogen (secondary N) is 1. The van der Waals surface area contributed by atoms with E-state index in [-0.39, 0.29) is 5.91 Å². The smallest absolute Gasteiger partial charge is 0.252 e. The molecule has 0 bridgehead atoms. The Labute approximate surface area is 99.8 Å². The van der Waals surface area contributed by atoms with Crippen LogP contribution in [0.25, 0.3) is 0 Å². The first-order chi connectivity index (χ1) is 7.75. The highest BCUT2D eigenvalue weighted by atomic mass is 32.1. The number of ether oxygens (including phenoxy) is 1. The normalized spacial score (nSPS) is 17.3. The third-order valence-electron chi connectivity index (χ3n) is 2.88. The Morgan fingerprint density at radius 2 is 2.31 bits per heavy atom. The van der Waals surface area contributed by atoms with Gasteiger partial charge in [-0.3, -0.25) is 4.79 Å². The number of amides is 1. The SMILES string of the molecule is Cc1cc(C(=O)NCC2CCOCC2)cs1. The van der Waals surface area contributed by atoms with Gasteiger partial charge in [0.1, 0.15) is 0 Å². The molecule has 0 spiro atoms. The predicted molar refractivity (Wildman–Crippen MR) is 64.9 cm³/mol. The summed E-state index contributed by atoms with van der Waals surface area (Å²) in [5.41, 5.74) is 0.787. The first-order valence-corrected chi connectivity index (χ1v) is 6.55. The van der Waals surface area contributed by atoms with E-state index in [1.54, 1.807) is 11.3 Å². The summed E-state index contributed by atoms with van der Waals surface area (Å²) in [5.74, 6) is 0.633. The van der Waals surface area contributed by atoms with E-state index < -0.39 is 0 Å². The molecule has 0 radical (unpaired) electrons. The zero-order chi connectivity index (χ0) is 11.4. The summed E-state index contributed by atoms with van der Waals surface area (Å²) in [6.07, 6.45) is 2.12. The fourth-order valence-electron chi connectivity index (χ4n) is 1.85. The van der Waals surface area contributed by atoms with Crippen molar-refractivity contribution >= 4 is 17.2 Å². The first kappa shape index (κ1) is 11.6. The van der Waals surface area contributed by atoms with Crippen LogP contribution < -0.4 is 5.32 Å². The first-order valence-electron chi connectivity index (χ1n) is 5.67. The molecule has 2 rings (SSSR count). The standard InChI is InChI=1S/C12H17NO2S/c1-9-6-11(8-16-9)12(14)13-7-10-2-4-15-5-3-10/h6,8,10H,2-5,7H2,1H3,(H,13,14). The quantitative estimate of drug-likeness (QED) is 0.878. The monoisotopic (exact) mass is 239 g/mol. The van der Waals surface area contributed by atoms with E-state index in [1.165, 1.54) is 4.88 Å². The van der Waals surface area contributed by atoms with Gasteiger partial charge in [0, 0.05) is 30.0 Å². The van der Waals surface area contributed by atoms with Crippen molar-refractivity contribution in [1.29, 1.82) is 0 Å². The number of hydrogen-bond donors (Lipinski definition) is 1. The van der Waals surface area contributed by atoms with Gasteiger partial charge < -0.3 is 10.1 Å². The van der Waals surface area contributed by atoms with Crippen LogP contribution in [0, 0.1) is 12.8 Å². The fourth-order valence-corrected chi connectivity index (χ4v) is 2.54. The van der Waals surface area contributed by atoms with Crippen LogP contribution in [0.1, 0.15) is 28.1 Å². The minimum Gasteiger partial charge on any atom is -0.381 e. The molecular formula is C12H17NO2S. The van der Waals surface area contributed by atoms with Gasteiger partial charge in [0.05, 0.1) is 5.56 Å². The molecule has 1 saturated heterocycles. The summed E-state index contributed by atoms with van der Waals surface area (Å²) < 4.78 is 5.28. The van der Waals surface area contributed by atoms with Crippen LogP contribution in [-0.4, -0.2) is 25.7 Å². The van der Waals surface area contributed by atoms with Gasteiger partial charge in [0.15, 0.2) is 0 Å². The number of hydrogen-bond acceptors (Lipinski definition) is 3. The Morgan fingerprint density at radius 3 is 2.94 bits per heavy atom. The van der Waals surface area contributed by atoms with Gasteiger partial charge in [-0.1, -0.05) is 0 Å². The summed E-state index contributed by atoms with van der Waals surface area (Å²) >= 11 is 1.61. The molecule has 0 aromatic carbocycles. The highest BCUT2D eigenvalue weighted by Crippen LogP contribution is 2.15. The van der Waals surface area contributed by atoms with Gasteiger partial charge in [-0.25, -0.2) is 0 Å². The third-order valence-corrected chi connectivity index (χ3v) is 3.75. The summed E-state index contributed by atoms with van der Waals surface area (Å²) in [5, 5.41) is 4.91. The minimum absolute atomic E-state index is 0.0517. The van der Waals surface area contributed by atoms with Crippen LogP contribution in [-0.2, 0) is 4.74 Å². The molecule has 3 nitrogen and oxygen atoms in total. The molecule has 1 aromatic heterocycles. The van der Waals surface area contributed by atoms with Crippen molar-refractivity contribution < 1.29 is 9.53 Å². The molecule has 1 fully saturated rings. The Balaban J connectivity index is 1.79. The Bertz CT molecular complexity index is 356. The molecule has 0 saturated carbocycles. The van der Waals surface area contributed by atoms with Crippen LogP contribution in [0.2, 0.25) is 0 Å². The molecule has 0 aliphatic carbocycles. The predicted octanol–water partition coefficient (Wildman–Crippen LogP) is 2.21. The second-order valence-electron chi connectivity index (χ2n) is 4.21. The van der Waals surface area contributed by atoms with E-state index in [4.69, 9.17) is 4.74 Å². The largest absolute Gasteiger partial charge is 0.381 e. The van der Waals surface area contributed by atoms with Gasteiger partial charge in [-0.15, -0.1) is 11.3 Å². The summed E-state index contributed by atoms with van der Waals surface area (Å²) in [6, 6.07) is 1.93. The maximum absolute atomic E-state index is 11.8. The summed E-state index contributed by atoms with van der Waals surface area (Å²) in [6.45, 7) is 4.45. The van der Waals surface area contributed by atoms with Crippen molar-refractivity contribution in [2.45, 2.75) is 19.8 Å². The zero-order valence-electron chi connectivity index (χ0n) is 9.49. The van der Waals surface area contributed by atoms with Gasteiger partial charge >= 0.3 is 0 Å². The maximum Gasteiger partial charge on any atom is 0.252 e. The zero-order valence-corrected chi connectivity index (χ0v) is 10.3. The van der Waals surface area contributed by atoms with E-state index >= 15 is 0 Å². The van der Waals surface area contributed by atoms with Crippen LogP contribution in [0.3, 0.4) is 0 Å². The highest BCUT2D eigenvalue weighted by molar-refractivity contribution is 7.10. The topological polar surface area (TPSA) is 38.3 Å². The number of carbonyl (C=O) groups excluding carboxylic acids is 1. The molecule has 1 N–H and O–H groups in total. The molecule has 16 heavy (non-hydrogen) atoms. The van der Waals surface area contributed by atoms with Crippen molar-refractivity contribution in [1.82, 2.24) is 5.32 Å². The summed E-state index contributed by atoms with van der Waals surface area (Å²) in [7, 11) is 0. The molecule has 88 valence electrons. The van der Waals surface area contributed by atoms with E-state index in [0.717, 1.165) is 38.2 Å². The maximum atomic E-state index is 11.8. The second-order valence-corrected chi connectivity index (χ2v) is 5.33. The van der Waals surface area contributed by atoms with Crippen LogP contribution in [0.4, 0.5) is 0 Å². The van der Waals surface area contributed by atoms with E-state index in [1.807, 2.05) is 18.4 Å². The fraction of sp³-hybridized carbons (Fsp3) is 0.583. The van der Waals surface area contributed by atoms with Crippen LogP contribution >= 0.6 is 11.3 Å². The Morgan fingerprint density at radius 1 is 1.56 bits per heavy atom. The lowest BCUT2D eigenvalue weighted by atomic mass is 10.0. The number of carbonyl (C=O) groups is 1. The molecular weight excluding hydrogens is 222 g/mol. The van der Waals surface area contributed by atoms with E-state index in [9.17, 15) is 4.79 Å². The average molecular weight is 239 g/mol. The van der Waals surface area contributed by atoms with Crippen LogP contribution in [0.15, 0.2) is 11.4 Å². The molecule has 1 amide bonds. The average Bonchev–Trinajstić information content (AvgIpc) is 2.74. The molecule has 4 heteroatoms. The third kappa shape index (κ3) is 3.06. The Kier molecular flexibility index (Phi) is 3.96. The molecule has 0 unspecified atom stereocenters. The lowest BCUT2D eigenvalue weighted by Gasteiger charge is -2.21. The van der Waals surface area contributed by atoms with Gasteiger partial charge in [-0.05, 0) is 31.7 Å². The van der Waals surface area contributed by atoms with Crippen molar-refractivity contribution in [3.8, 4) is 0 Å². The van der Waals surface area contributed by atoms with Crippen molar-refractivity contribution in [2.24, 2.45) is 5.92 Å².